The summed E-state index contributed by atoms with van der Waals surface area (Å²) in [5.41, 5.74) is 0.972. The van der Waals surface area contributed by atoms with E-state index < -0.39 is 0 Å². The average Bonchev–Trinajstić information content (AvgIpc) is 3.40. The molecule has 2 fully saturated rings. The Hall–Kier alpha value is -2.25. The van der Waals surface area contributed by atoms with Crippen LogP contribution >= 0.6 is 0 Å². The minimum atomic E-state index is -0.0443. The zero-order chi connectivity index (χ0) is 18.6. The number of nitrogens with zero attached hydrogens (tertiary/aromatic N) is 4. The number of hydrogen-bond acceptors (Lipinski definition) is 6. The van der Waals surface area contributed by atoms with E-state index in [0.717, 1.165) is 57.5 Å². The zero-order valence-corrected chi connectivity index (χ0v) is 15.8. The molecule has 1 aromatic heterocycles. The second-order valence-corrected chi connectivity index (χ2v) is 7.46. The van der Waals surface area contributed by atoms with Crippen molar-refractivity contribution in [3.8, 4) is 11.4 Å². The van der Waals surface area contributed by atoms with Gasteiger partial charge in [0.2, 0.25) is 17.6 Å². The van der Waals surface area contributed by atoms with Crippen molar-refractivity contribution in [3.63, 3.8) is 0 Å². The van der Waals surface area contributed by atoms with Gasteiger partial charge in [-0.2, -0.15) is 4.98 Å². The van der Waals surface area contributed by atoms with Crippen LogP contribution in [0.15, 0.2) is 34.9 Å². The van der Waals surface area contributed by atoms with E-state index in [0.29, 0.717) is 17.8 Å². The average molecular weight is 369 g/mol. The number of nitrogens with one attached hydrogen (secondary N) is 1. The van der Waals surface area contributed by atoms with Crippen molar-refractivity contribution in [2.75, 3.05) is 32.7 Å². The molecule has 0 spiro atoms. The second kappa shape index (κ2) is 8.19. The molecule has 0 radical (unpaired) electrons. The SMILES string of the molecule is CC(C(=O)NC1CC1)N1CCN(CCc2nc(-c3ccccc3)no2)CC1. The Bertz CT molecular complexity index is 751. The molecular weight excluding hydrogens is 342 g/mol. The molecule has 7 heteroatoms. The predicted molar refractivity (Wildman–Crippen MR) is 102 cm³/mol. The topological polar surface area (TPSA) is 74.5 Å². The van der Waals surface area contributed by atoms with Crippen LogP contribution in [0.25, 0.3) is 11.4 Å². The van der Waals surface area contributed by atoms with Crippen molar-refractivity contribution in [3.05, 3.63) is 36.2 Å². The lowest BCUT2D eigenvalue weighted by molar-refractivity contribution is -0.126. The molecule has 1 amide bonds. The smallest absolute Gasteiger partial charge is 0.237 e. The van der Waals surface area contributed by atoms with Gasteiger partial charge in [0, 0.05) is 50.7 Å². The number of piperazine rings is 1. The highest BCUT2D eigenvalue weighted by atomic mass is 16.5. The molecule has 1 atom stereocenters. The summed E-state index contributed by atoms with van der Waals surface area (Å²) in [5.74, 6) is 1.49. The predicted octanol–water partition coefficient (Wildman–Crippen LogP) is 1.56. The zero-order valence-electron chi connectivity index (χ0n) is 15.8. The number of amides is 1. The van der Waals surface area contributed by atoms with Gasteiger partial charge in [0.1, 0.15) is 0 Å². The minimum absolute atomic E-state index is 0.0443. The highest BCUT2D eigenvalue weighted by Gasteiger charge is 2.29. The van der Waals surface area contributed by atoms with Crippen LogP contribution in [0.3, 0.4) is 0 Å². The standard InChI is InChI=1S/C20H27N5O2/c1-15(20(26)21-17-7-8-17)25-13-11-24(12-14-25)10-9-18-22-19(23-27-18)16-5-3-2-4-6-16/h2-6,15,17H,7-14H2,1H3,(H,21,26). The summed E-state index contributed by atoms with van der Waals surface area (Å²) in [6.45, 7) is 6.65. The van der Waals surface area contributed by atoms with Crippen molar-refractivity contribution in [2.45, 2.75) is 38.3 Å². The van der Waals surface area contributed by atoms with Gasteiger partial charge in [-0.05, 0) is 19.8 Å². The van der Waals surface area contributed by atoms with Crippen LogP contribution in [-0.2, 0) is 11.2 Å². The molecule has 144 valence electrons. The first-order valence-corrected chi connectivity index (χ1v) is 9.84. The number of aromatic nitrogens is 2. The Labute approximate surface area is 159 Å². The lowest BCUT2D eigenvalue weighted by Gasteiger charge is -2.37. The van der Waals surface area contributed by atoms with E-state index in [1.807, 2.05) is 37.3 Å². The van der Waals surface area contributed by atoms with Crippen molar-refractivity contribution >= 4 is 5.91 Å². The monoisotopic (exact) mass is 369 g/mol. The molecule has 1 unspecified atom stereocenters. The molecule has 1 aromatic carbocycles. The van der Waals surface area contributed by atoms with E-state index in [9.17, 15) is 4.79 Å². The van der Waals surface area contributed by atoms with Gasteiger partial charge in [-0.1, -0.05) is 35.5 Å². The van der Waals surface area contributed by atoms with Gasteiger partial charge >= 0.3 is 0 Å². The summed E-state index contributed by atoms with van der Waals surface area (Å²) in [5, 5.41) is 7.18. The molecule has 1 saturated carbocycles. The summed E-state index contributed by atoms with van der Waals surface area (Å²) in [6, 6.07) is 10.3. The molecule has 1 saturated heterocycles. The molecule has 1 N–H and O–H groups in total. The maximum absolute atomic E-state index is 12.2. The third-order valence-corrected chi connectivity index (χ3v) is 5.40. The van der Waals surface area contributed by atoms with Crippen molar-refractivity contribution in [1.29, 1.82) is 0 Å². The highest BCUT2D eigenvalue weighted by molar-refractivity contribution is 5.81. The Kier molecular flexibility index (Phi) is 5.50. The quantitative estimate of drug-likeness (QED) is 0.798. The van der Waals surface area contributed by atoms with Crippen molar-refractivity contribution in [1.82, 2.24) is 25.3 Å². The summed E-state index contributed by atoms with van der Waals surface area (Å²) in [4.78, 5) is 21.4. The summed E-state index contributed by atoms with van der Waals surface area (Å²) >= 11 is 0. The number of carbonyl (C=O) groups excluding carboxylic acids is 1. The van der Waals surface area contributed by atoms with E-state index in [-0.39, 0.29) is 11.9 Å². The van der Waals surface area contributed by atoms with Crippen LogP contribution < -0.4 is 5.32 Å². The van der Waals surface area contributed by atoms with Gasteiger partial charge in [0.25, 0.3) is 0 Å². The van der Waals surface area contributed by atoms with Crippen LogP contribution in [0, 0.1) is 0 Å². The maximum Gasteiger partial charge on any atom is 0.237 e. The van der Waals surface area contributed by atoms with Gasteiger partial charge in [-0.15, -0.1) is 0 Å². The summed E-state index contributed by atoms with van der Waals surface area (Å²) < 4.78 is 5.39. The lowest BCUT2D eigenvalue weighted by Crippen LogP contribution is -2.54. The normalized spacial score (nSPS) is 19.7. The van der Waals surface area contributed by atoms with Crippen LogP contribution in [0.1, 0.15) is 25.7 Å². The van der Waals surface area contributed by atoms with E-state index in [1.54, 1.807) is 0 Å². The summed E-state index contributed by atoms with van der Waals surface area (Å²) in [6.07, 6.45) is 3.01. The second-order valence-electron chi connectivity index (χ2n) is 7.46. The number of benzene rings is 1. The van der Waals surface area contributed by atoms with Gasteiger partial charge in [0.15, 0.2) is 0 Å². The fraction of sp³-hybridized carbons (Fsp3) is 0.550. The first-order chi connectivity index (χ1) is 13.2. The highest BCUT2D eigenvalue weighted by Crippen LogP contribution is 2.19. The Morgan fingerprint density at radius 2 is 1.96 bits per heavy atom. The molecule has 2 aliphatic rings. The third kappa shape index (κ3) is 4.73. The molecule has 27 heavy (non-hydrogen) atoms. The largest absolute Gasteiger partial charge is 0.352 e. The number of carbonyl (C=O) groups is 1. The Balaban J connectivity index is 1.22. The molecule has 2 aromatic rings. The van der Waals surface area contributed by atoms with E-state index in [2.05, 4.69) is 25.3 Å². The fourth-order valence-electron chi connectivity index (χ4n) is 3.40. The van der Waals surface area contributed by atoms with Gasteiger partial charge in [0.05, 0.1) is 6.04 Å². The van der Waals surface area contributed by atoms with E-state index in [1.165, 1.54) is 0 Å². The number of hydrogen-bond donors (Lipinski definition) is 1. The first kappa shape index (κ1) is 18.1. The van der Waals surface area contributed by atoms with Gasteiger partial charge in [-0.3, -0.25) is 9.69 Å². The van der Waals surface area contributed by atoms with Crippen molar-refractivity contribution < 1.29 is 9.32 Å². The van der Waals surface area contributed by atoms with Crippen LogP contribution in [0.4, 0.5) is 0 Å². The fourth-order valence-corrected chi connectivity index (χ4v) is 3.40. The minimum Gasteiger partial charge on any atom is -0.352 e. The molecule has 1 aliphatic carbocycles. The molecule has 0 bridgehead atoms. The van der Waals surface area contributed by atoms with E-state index >= 15 is 0 Å². The van der Waals surface area contributed by atoms with Gasteiger partial charge in [-0.25, -0.2) is 0 Å². The molecule has 2 heterocycles. The third-order valence-electron chi connectivity index (χ3n) is 5.40. The Morgan fingerprint density at radius 1 is 1.22 bits per heavy atom. The van der Waals surface area contributed by atoms with Crippen LogP contribution in [0.2, 0.25) is 0 Å². The Morgan fingerprint density at radius 3 is 2.67 bits per heavy atom. The van der Waals surface area contributed by atoms with Crippen LogP contribution in [0.5, 0.6) is 0 Å². The molecular formula is C20H27N5O2. The lowest BCUT2D eigenvalue weighted by atomic mass is 10.2. The van der Waals surface area contributed by atoms with E-state index in [4.69, 9.17) is 4.52 Å². The summed E-state index contributed by atoms with van der Waals surface area (Å²) in [7, 11) is 0. The van der Waals surface area contributed by atoms with Gasteiger partial charge < -0.3 is 14.7 Å². The first-order valence-electron chi connectivity index (χ1n) is 9.84. The molecule has 4 rings (SSSR count). The number of rotatable bonds is 7. The van der Waals surface area contributed by atoms with Crippen molar-refractivity contribution in [2.24, 2.45) is 0 Å². The van der Waals surface area contributed by atoms with Crippen LogP contribution in [-0.4, -0.2) is 70.7 Å². The molecule has 7 nitrogen and oxygen atoms in total. The maximum atomic E-state index is 12.2. The molecule has 1 aliphatic heterocycles.